The molecule has 0 aliphatic rings. The summed E-state index contributed by atoms with van der Waals surface area (Å²) in [5, 5.41) is 21.3. The molecule has 0 saturated heterocycles. The summed E-state index contributed by atoms with van der Waals surface area (Å²) in [6.07, 6.45) is 1.23. The summed E-state index contributed by atoms with van der Waals surface area (Å²) in [7, 11) is 2.82. The summed E-state index contributed by atoms with van der Waals surface area (Å²) < 4.78 is 10.8. The van der Waals surface area contributed by atoms with Crippen LogP contribution in [0.1, 0.15) is 36.7 Å². The van der Waals surface area contributed by atoms with Gasteiger partial charge in [-0.05, 0) is 6.07 Å². The number of hydroxylamine groups is 1. The number of carboxylic acids is 1. The zero-order chi connectivity index (χ0) is 15.5. The fraction of sp³-hybridized carbons (Fsp3) is 0.429. The van der Waals surface area contributed by atoms with Gasteiger partial charge >= 0.3 is 5.97 Å². The number of methoxy groups -OCH3 is 2. The molecule has 1 aromatic rings. The highest BCUT2D eigenvalue weighted by Gasteiger charge is 2.23. The smallest absolute Gasteiger partial charge is 0.340 e. The van der Waals surface area contributed by atoms with Crippen molar-refractivity contribution >= 4 is 12.2 Å². The first kappa shape index (κ1) is 15.8. The van der Waals surface area contributed by atoms with E-state index in [1.54, 1.807) is 20.8 Å². The first-order valence-corrected chi connectivity index (χ1v) is 6.01. The number of hydrogen-bond acceptors (Lipinski definition) is 4. The monoisotopic (exact) mass is 281 g/mol. The number of nitrogens with zero attached hydrogens (tertiary/aromatic N) is 1. The molecule has 0 bridgehead atoms. The second-order valence-corrected chi connectivity index (χ2v) is 5.22. The first-order chi connectivity index (χ1) is 9.20. The Morgan fingerprint density at radius 3 is 2.30 bits per heavy atom. The topological polar surface area (TPSA) is 81.8 Å². The molecule has 0 aliphatic carbocycles. The number of rotatable bonds is 4. The van der Waals surface area contributed by atoms with Gasteiger partial charge in [0.25, 0.3) is 0 Å². The van der Waals surface area contributed by atoms with Crippen LogP contribution >= 0.6 is 0 Å². The average molecular weight is 281 g/mol. The van der Waals surface area contributed by atoms with Gasteiger partial charge in [-0.1, -0.05) is 0 Å². The maximum Gasteiger partial charge on any atom is 0.340 e. The van der Waals surface area contributed by atoms with E-state index in [1.165, 1.54) is 32.6 Å². The Morgan fingerprint density at radius 2 is 1.90 bits per heavy atom. The van der Waals surface area contributed by atoms with E-state index in [4.69, 9.17) is 9.47 Å². The second kappa shape index (κ2) is 5.81. The molecule has 0 aromatic heterocycles. The fourth-order valence-corrected chi connectivity index (χ4v) is 1.54. The average Bonchev–Trinajstić information content (AvgIpc) is 2.35. The molecule has 1 aromatic carbocycles. The third kappa shape index (κ3) is 3.40. The van der Waals surface area contributed by atoms with Crippen LogP contribution in [-0.2, 0) is 0 Å². The van der Waals surface area contributed by atoms with Gasteiger partial charge in [0, 0.05) is 26.8 Å². The quantitative estimate of drug-likeness (QED) is 0.395. The zero-order valence-electron chi connectivity index (χ0n) is 12.3. The minimum atomic E-state index is -1.17. The highest BCUT2D eigenvalue weighted by molar-refractivity contribution is 6.00. The van der Waals surface area contributed by atoms with Crippen molar-refractivity contribution in [2.24, 2.45) is 0 Å². The first-order valence-electron chi connectivity index (χ1n) is 6.01. The molecule has 6 nitrogen and oxygen atoms in total. The van der Waals surface area contributed by atoms with E-state index in [0.29, 0.717) is 10.5 Å². The van der Waals surface area contributed by atoms with Crippen LogP contribution in [0.3, 0.4) is 0 Å². The summed E-state index contributed by atoms with van der Waals surface area (Å²) >= 11 is 0. The maximum absolute atomic E-state index is 12.0. The van der Waals surface area contributed by atoms with Gasteiger partial charge in [0.15, 0.2) is 11.8 Å². The van der Waals surface area contributed by atoms with Crippen LogP contribution in [0.4, 0.5) is 0 Å². The number of ether oxygens (including phenoxy) is 2. The number of carboxylic acid groups (broad SMARTS) is 1. The molecular formula is C14H19NO5. The number of carbonyl (C=O) groups is 1. The van der Waals surface area contributed by atoms with Gasteiger partial charge < -0.3 is 19.8 Å². The van der Waals surface area contributed by atoms with Gasteiger partial charge in [-0.25, -0.2) is 9.53 Å². The SMILES string of the molecule is COc1cc(/C=[N+](\[O-])C(C)(C)C)c(C(=O)O)c(OC)c1. The van der Waals surface area contributed by atoms with Gasteiger partial charge in [-0.2, -0.15) is 0 Å². The van der Waals surface area contributed by atoms with Crippen LogP contribution in [0.5, 0.6) is 11.5 Å². The number of aromatic carboxylic acids is 1. The second-order valence-electron chi connectivity index (χ2n) is 5.22. The van der Waals surface area contributed by atoms with Gasteiger partial charge in [0.05, 0.1) is 19.8 Å². The van der Waals surface area contributed by atoms with Crippen molar-refractivity contribution in [1.82, 2.24) is 0 Å². The van der Waals surface area contributed by atoms with Crippen molar-refractivity contribution in [2.45, 2.75) is 26.3 Å². The normalized spacial score (nSPS) is 12.2. The Hall–Kier alpha value is -2.24. The lowest BCUT2D eigenvalue weighted by atomic mass is 10.1. The molecule has 1 rings (SSSR count). The van der Waals surface area contributed by atoms with Gasteiger partial charge in [0.2, 0.25) is 0 Å². The lowest BCUT2D eigenvalue weighted by Gasteiger charge is -2.19. The van der Waals surface area contributed by atoms with Crippen LogP contribution in [0, 0.1) is 5.21 Å². The molecule has 0 aliphatic heterocycles. The van der Waals surface area contributed by atoms with Crippen molar-refractivity contribution in [3.05, 3.63) is 28.5 Å². The van der Waals surface area contributed by atoms with Crippen LogP contribution in [0.25, 0.3) is 0 Å². The Labute approximate surface area is 117 Å². The molecular weight excluding hydrogens is 262 g/mol. The summed E-state index contributed by atoms with van der Waals surface area (Å²) in [5.41, 5.74) is -0.511. The Kier molecular flexibility index (Phi) is 4.60. The van der Waals surface area contributed by atoms with Crippen molar-refractivity contribution in [3.8, 4) is 11.5 Å². The molecule has 0 heterocycles. The molecule has 0 spiro atoms. The van der Waals surface area contributed by atoms with E-state index in [1.807, 2.05) is 0 Å². The van der Waals surface area contributed by atoms with Crippen LogP contribution in [0.2, 0.25) is 0 Å². The molecule has 0 unspecified atom stereocenters. The third-order valence-electron chi connectivity index (χ3n) is 2.69. The highest BCUT2D eigenvalue weighted by atomic mass is 16.5. The Morgan fingerprint density at radius 1 is 1.30 bits per heavy atom. The minimum Gasteiger partial charge on any atom is -0.623 e. The lowest BCUT2D eigenvalue weighted by Crippen LogP contribution is -2.29. The summed E-state index contributed by atoms with van der Waals surface area (Å²) in [4.78, 5) is 11.4. The van der Waals surface area contributed by atoms with E-state index in [-0.39, 0.29) is 16.9 Å². The number of benzene rings is 1. The number of hydrogen-bond donors (Lipinski definition) is 1. The zero-order valence-corrected chi connectivity index (χ0v) is 12.3. The molecule has 20 heavy (non-hydrogen) atoms. The lowest BCUT2D eigenvalue weighted by molar-refractivity contribution is -0.530. The van der Waals surface area contributed by atoms with Crippen molar-refractivity contribution < 1.29 is 24.1 Å². The van der Waals surface area contributed by atoms with E-state index >= 15 is 0 Å². The molecule has 0 fully saturated rings. The summed E-state index contributed by atoms with van der Waals surface area (Å²) in [6, 6.07) is 2.95. The predicted molar refractivity (Wildman–Crippen MR) is 75.1 cm³/mol. The largest absolute Gasteiger partial charge is 0.623 e. The van der Waals surface area contributed by atoms with Gasteiger partial charge in [0.1, 0.15) is 17.1 Å². The van der Waals surface area contributed by atoms with Crippen molar-refractivity contribution in [2.75, 3.05) is 14.2 Å². The van der Waals surface area contributed by atoms with Crippen molar-refractivity contribution in [1.29, 1.82) is 0 Å². The Bertz CT molecular complexity index is 543. The van der Waals surface area contributed by atoms with Gasteiger partial charge in [-0.3, -0.25) is 0 Å². The summed E-state index contributed by atoms with van der Waals surface area (Å²) in [6.45, 7) is 5.19. The summed E-state index contributed by atoms with van der Waals surface area (Å²) in [5.74, 6) is -0.608. The molecule has 0 atom stereocenters. The van der Waals surface area contributed by atoms with E-state index in [0.717, 1.165) is 0 Å². The molecule has 0 saturated carbocycles. The van der Waals surface area contributed by atoms with Gasteiger partial charge in [-0.15, -0.1) is 0 Å². The third-order valence-corrected chi connectivity index (χ3v) is 2.69. The van der Waals surface area contributed by atoms with E-state index in [2.05, 4.69) is 0 Å². The molecule has 0 radical (unpaired) electrons. The molecule has 0 amide bonds. The van der Waals surface area contributed by atoms with Crippen LogP contribution in [0.15, 0.2) is 12.1 Å². The maximum atomic E-state index is 12.0. The van der Waals surface area contributed by atoms with Crippen LogP contribution in [-0.4, -0.2) is 41.8 Å². The highest BCUT2D eigenvalue weighted by Crippen LogP contribution is 2.28. The standard InChI is InChI=1S/C14H19NO5/c1-14(2,3)15(18)8-9-6-10(19-4)7-11(20-5)12(9)13(16)17/h6-8H,1-5H3,(H,16,17)/b15-8-. The molecule has 1 N–H and O–H groups in total. The van der Waals surface area contributed by atoms with Crippen molar-refractivity contribution in [3.63, 3.8) is 0 Å². The predicted octanol–water partition coefficient (Wildman–Crippen LogP) is 2.13. The molecule has 6 heteroatoms. The minimum absolute atomic E-state index is 0.0709. The van der Waals surface area contributed by atoms with E-state index < -0.39 is 11.5 Å². The Balaban J connectivity index is 3.54. The molecule has 110 valence electrons. The van der Waals surface area contributed by atoms with E-state index in [9.17, 15) is 15.1 Å². The van der Waals surface area contributed by atoms with Crippen LogP contribution < -0.4 is 9.47 Å². The fourth-order valence-electron chi connectivity index (χ4n) is 1.54.